The first-order valence-corrected chi connectivity index (χ1v) is 4.64. The summed E-state index contributed by atoms with van der Waals surface area (Å²) in [4.78, 5) is 4.45. The van der Waals surface area contributed by atoms with Crippen LogP contribution in [0.3, 0.4) is 0 Å². The molecule has 0 amide bonds. The molecule has 2 rings (SSSR count). The van der Waals surface area contributed by atoms with Crippen molar-refractivity contribution in [1.82, 2.24) is 4.98 Å². The summed E-state index contributed by atoms with van der Waals surface area (Å²) in [5, 5.41) is 0.794. The van der Waals surface area contributed by atoms with Crippen LogP contribution in [0.25, 0.3) is 6.08 Å². The van der Waals surface area contributed by atoms with Gasteiger partial charge in [-0.25, -0.2) is 0 Å². The average Bonchev–Trinajstić information content (AvgIpc) is 2.28. The molecule has 1 aromatic heterocycles. The van der Waals surface area contributed by atoms with E-state index in [1.54, 1.807) is 0 Å². The van der Waals surface area contributed by atoms with E-state index in [2.05, 4.69) is 11.1 Å². The zero-order valence-electron chi connectivity index (χ0n) is 7.42. The highest BCUT2D eigenvalue weighted by molar-refractivity contribution is 6.32. The molecule has 13 heavy (non-hydrogen) atoms. The molecule has 0 spiro atoms. The summed E-state index contributed by atoms with van der Waals surface area (Å²) in [5.74, 6) is 0. The lowest BCUT2D eigenvalue weighted by Crippen LogP contribution is -1.95. The summed E-state index contributed by atoms with van der Waals surface area (Å²) in [5.41, 5.74) is 3.10. The van der Waals surface area contributed by atoms with Gasteiger partial charge in [-0.15, -0.1) is 0 Å². The Hall–Kier alpha value is -1.08. The quantitative estimate of drug-likeness (QED) is 0.614. The Labute approximate surface area is 82.8 Å². The fraction of sp³-hybridized carbons (Fsp3) is 0.182. The van der Waals surface area contributed by atoms with E-state index < -0.39 is 0 Å². The molecule has 0 aliphatic heterocycles. The second-order valence-electron chi connectivity index (χ2n) is 3.10. The molecule has 66 valence electrons. The van der Waals surface area contributed by atoms with Crippen LogP contribution in [-0.2, 0) is 6.42 Å². The minimum atomic E-state index is 0.794. The van der Waals surface area contributed by atoms with Gasteiger partial charge in [0.15, 0.2) is 0 Å². The molecule has 0 bridgehead atoms. The van der Waals surface area contributed by atoms with Crippen LogP contribution in [0.1, 0.15) is 17.0 Å². The highest BCUT2D eigenvalue weighted by Gasteiger charge is 2.07. The van der Waals surface area contributed by atoms with Crippen molar-refractivity contribution >= 4 is 17.7 Å². The average molecular weight is 192 g/mol. The van der Waals surface area contributed by atoms with Gasteiger partial charge in [0, 0.05) is 17.7 Å². The summed E-state index contributed by atoms with van der Waals surface area (Å²) >= 11 is 6.10. The van der Waals surface area contributed by atoms with E-state index in [1.165, 1.54) is 0 Å². The monoisotopic (exact) mass is 191 g/mol. The molecule has 2 heteroatoms. The van der Waals surface area contributed by atoms with E-state index in [4.69, 9.17) is 11.6 Å². The maximum atomic E-state index is 6.10. The predicted molar refractivity (Wildman–Crippen MR) is 55.9 cm³/mol. The van der Waals surface area contributed by atoms with E-state index in [1.807, 2.05) is 31.2 Å². The molecule has 0 N–H and O–H groups in total. The highest BCUT2D eigenvalue weighted by Crippen LogP contribution is 2.23. The topological polar surface area (TPSA) is 12.9 Å². The number of hydrogen-bond donors (Lipinski definition) is 0. The minimum Gasteiger partial charge on any atom is -0.257 e. The Morgan fingerprint density at radius 1 is 1.38 bits per heavy atom. The first-order valence-electron chi connectivity index (χ1n) is 4.26. The number of pyridine rings is 1. The number of allylic oxidation sites excluding steroid dienone is 3. The van der Waals surface area contributed by atoms with Crippen LogP contribution in [0.15, 0.2) is 24.3 Å². The van der Waals surface area contributed by atoms with E-state index >= 15 is 0 Å². The van der Waals surface area contributed by atoms with E-state index in [9.17, 15) is 0 Å². The van der Waals surface area contributed by atoms with Gasteiger partial charge in [-0.3, -0.25) is 4.98 Å². The molecule has 0 saturated heterocycles. The van der Waals surface area contributed by atoms with Gasteiger partial charge in [0.1, 0.15) is 0 Å². The second kappa shape index (κ2) is 3.35. The van der Waals surface area contributed by atoms with Crippen molar-refractivity contribution in [3.05, 3.63) is 46.3 Å². The first kappa shape index (κ1) is 8.52. The predicted octanol–water partition coefficient (Wildman–Crippen LogP) is 3.17. The number of fused-ring (bicyclic) bond motifs is 1. The second-order valence-corrected chi connectivity index (χ2v) is 3.50. The number of halogens is 1. The molecule has 0 fully saturated rings. The Kier molecular flexibility index (Phi) is 2.19. The van der Waals surface area contributed by atoms with Gasteiger partial charge in [0.25, 0.3) is 0 Å². The molecular weight excluding hydrogens is 182 g/mol. The van der Waals surface area contributed by atoms with Crippen LogP contribution in [-0.4, -0.2) is 4.98 Å². The van der Waals surface area contributed by atoms with Crippen LogP contribution in [0.5, 0.6) is 0 Å². The van der Waals surface area contributed by atoms with Crippen molar-refractivity contribution in [2.75, 3.05) is 0 Å². The molecule has 0 saturated carbocycles. The maximum absolute atomic E-state index is 6.10. The Morgan fingerprint density at radius 2 is 2.23 bits per heavy atom. The number of aryl methyl sites for hydroxylation is 1. The molecule has 0 atom stereocenters. The molecule has 0 aromatic carbocycles. The summed E-state index contributed by atoms with van der Waals surface area (Å²) in [6.07, 6.45) is 8.98. The summed E-state index contributed by atoms with van der Waals surface area (Å²) in [6.45, 7) is 1.96. The summed E-state index contributed by atoms with van der Waals surface area (Å²) in [7, 11) is 0. The van der Waals surface area contributed by atoms with Crippen molar-refractivity contribution in [2.24, 2.45) is 0 Å². The SMILES string of the molecule is Cc1cc(Cl)c2c(n1)CC=CC=C2. The fourth-order valence-corrected chi connectivity index (χ4v) is 1.78. The van der Waals surface area contributed by atoms with Gasteiger partial charge in [-0.05, 0) is 13.0 Å². The van der Waals surface area contributed by atoms with E-state index in [-0.39, 0.29) is 0 Å². The van der Waals surface area contributed by atoms with Gasteiger partial charge in [-0.1, -0.05) is 35.9 Å². The third-order valence-corrected chi connectivity index (χ3v) is 2.35. The van der Waals surface area contributed by atoms with Gasteiger partial charge >= 0.3 is 0 Å². The lowest BCUT2D eigenvalue weighted by atomic mass is 10.1. The molecule has 1 nitrogen and oxygen atoms in total. The normalized spacial score (nSPS) is 14.0. The number of aromatic nitrogens is 1. The summed E-state index contributed by atoms with van der Waals surface area (Å²) < 4.78 is 0. The highest BCUT2D eigenvalue weighted by atomic mass is 35.5. The maximum Gasteiger partial charge on any atom is 0.0531 e. The van der Waals surface area contributed by atoms with Crippen LogP contribution in [0.2, 0.25) is 5.02 Å². The molecular formula is C11H10ClN. The van der Waals surface area contributed by atoms with Crippen LogP contribution >= 0.6 is 11.6 Å². The van der Waals surface area contributed by atoms with Gasteiger partial charge in [0.05, 0.1) is 10.7 Å². The number of hydrogen-bond acceptors (Lipinski definition) is 1. The first-order chi connectivity index (χ1) is 6.27. The fourth-order valence-electron chi connectivity index (χ4n) is 1.45. The number of rotatable bonds is 0. The molecule has 1 aliphatic carbocycles. The van der Waals surface area contributed by atoms with Crippen molar-refractivity contribution in [3.8, 4) is 0 Å². The molecule has 1 aliphatic rings. The smallest absolute Gasteiger partial charge is 0.0531 e. The van der Waals surface area contributed by atoms with Crippen molar-refractivity contribution < 1.29 is 0 Å². The van der Waals surface area contributed by atoms with Crippen LogP contribution in [0, 0.1) is 6.92 Å². The molecule has 0 unspecified atom stereocenters. The van der Waals surface area contributed by atoms with E-state index in [0.717, 1.165) is 28.4 Å². The van der Waals surface area contributed by atoms with Crippen molar-refractivity contribution in [2.45, 2.75) is 13.3 Å². The molecule has 1 heterocycles. The minimum absolute atomic E-state index is 0.794. The Morgan fingerprint density at radius 3 is 3.08 bits per heavy atom. The standard InChI is InChI=1S/C11H10ClN/c1-8-7-10(12)9-5-3-2-4-6-11(9)13-8/h2-5,7H,6H2,1H3. The van der Waals surface area contributed by atoms with Gasteiger partial charge in [-0.2, -0.15) is 0 Å². The molecule has 1 aromatic rings. The Bertz CT molecular complexity index is 391. The third-order valence-electron chi connectivity index (χ3n) is 2.04. The zero-order valence-corrected chi connectivity index (χ0v) is 8.17. The van der Waals surface area contributed by atoms with Crippen LogP contribution in [0.4, 0.5) is 0 Å². The van der Waals surface area contributed by atoms with Gasteiger partial charge < -0.3 is 0 Å². The largest absolute Gasteiger partial charge is 0.257 e. The lowest BCUT2D eigenvalue weighted by molar-refractivity contribution is 1.06. The zero-order chi connectivity index (χ0) is 9.26. The van der Waals surface area contributed by atoms with Gasteiger partial charge in [0.2, 0.25) is 0 Å². The lowest BCUT2D eigenvalue weighted by Gasteiger charge is -2.05. The Balaban J connectivity index is 2.62. The summed E-state index contributed by atoms with van der Waals surface area (Å²) in [6, 6.07) is 1.90. The number of nitrogens with zero attached hydrogens (tertiary/aromatic N) is 1. The van der Waals surface area contributed by atoms with Crippen LogP contribution < -0.4 is 0 Å². The third kappa shape index (κ3) is 1.65. The van der Waals surface area contributed by atoms with Crippen molar-refractivity contribution in [1.29, 1.82) is 0 Å². The van der Waals surface area contributed by atoms with E-state index in [0.29, 0.717) is 0 Å². The van der Waals surface area contributed by atoms with Crippen molar-refractivity contribution in [3.63, 3.8) is 0 Å². The molecule has 0 radical (unpaired) electrons.